The first-order valence-electron chi connectivity index (χ1n) is 8.20. The maximum Gasteiger partial charge on any atom is 0.234 e. The predicted octanol–water partition coefficient (Wildman–Crippen LogP) is 2.34. The molecule has 2 rings (SSSR count). The topological polar surface area (TPSA) is 82.8 Å². The standard InChI is InChI=1S/C17H26N2O4/c1-3-4-5-6-9-21-14-8-7-13(10-19-12(2)17(18)20)15-16(14)23-11-22-15/h7-8,12,19H,3-6,9-11H2,1-2H3,(H2,18,20). The fourth-order valence-corrected chi connectivity index (χ4v) is 2.36. The summed E-state index contributed by atoms with van der Waals surface area (Å²) in [4.78, 5) is 11.1. The summed E-state index contributed by atoms with van der Waals surface area (Å²) in [6.45, 7) is 5.25. The number of carbonyl (C=O) groups excluding carboxylic acids is 1. The summed E-state index contributed by atoms with van der Waals surface area (Å²) in [6.07, 6.45) is 4.63. The van der Waals surface area contributed by atoms with Gasteiger partial charge in [0.15, 0.2) is 11.5 Å². The first kappa shape index (κ1) is 17.4. The second kappa shape index (κ2) is 8.62. The molecule has 1 aliphatic heterocycles. The molecular weight excluding hydrogens is 296 g/mol. The highest BCUT2D eigenvalue weighted by Gasteiger charge is 2.23. The van der Waals surface area contributed by atoms with Crippen LogP contribution in [0.25, 0.3) is 0 Å². The molecule has 1 aromatic rings. The lowest BCUT2D eigenvalue weighted by molar-refractivity contribution is -0.119. The maximum atomic E-state index is 11.1. The Balaban J connectivity index is 1.96. The van der Waals surface area contributed by atoms with Crippen LogP contribution >= 0.6 is 0 Å². The van der Waals surface area contributed by atoms with Gasteiger partial charge in [-0.15, -0.1) is 0 Å². The minimum absolute atomic E-state index is 0.184. The average molecular weight is 322 g/mol. The molecule has 1 heterocycles. The van der Waals surface area contributed by atoms with Gasteiger partial charge in [-0.2, -0.15) is 0 Å². The van der Waals surface area contributed by atoms with Crippen molar-refractivity contribution in [2.75, 3.05) is 13.4 Å². The Morgan fingerprint density at radius 2 is 2.09 bits per heavy atom. The van der Waals surface area contributed by atoms with Gasteiger partial charge in [-0.05, 0) is 19.4 Å². The van der Waals surface area contributed by atoms with Crippen molar-refractivity contribution in [1.82, 2.24) is 5.32 Å². The van der Waals surface area contributed by atoms with Gasteiger partial charge in [0.25, 0.3) is 0 Å². The van der Waals surface area contributed by atoms with Crippen LogP contribution in [-0.4, -0.2) is 25.3 Å². The predicted molar refractivity (Wildman–Crippen MR) is 87.7 cm³/mol. The van der Waals surface area contributed by atoms with Crippen molar-refractivity contribution in [3.8, 4) is 17.2 Å². The number of hydrogen-bond donors (Lipinski definition) is 2. The van der Waals surface area contributed by atoms with Gasteiger partial charge in [0.05, 0.1) is 12.6 Å². The zero-order valence-electron chi connectivity index (χ0n) is 13.9. The number of benzene rings is 1. The van der Waals surface area contributed by atoms with E-state index in [4.69, 9.17) is 19.9 Å². The Bertz CT molecular complexity index is 534. The van der Waals surface area contributed by atoms with Gasteiger partial charge in [0, 0.05) is 12.1 Å². The molecule has 0 saturated heterocycles. The van der Waals surface area contributed by atoms with E-state index in [-0.39, 0.29) is 12.7 Å². The Morgan fingerprint density at radius 3 is 2.83 bits per heavy atom. The lowest BCUT2D eigenvalue weighted by Crippen LogP contribution is -2.38. The minimum atomic E-state index is -0.400. The number of nitrogens with two attached hydrogens (primary N) is 1. The normalized spacial score (nSPS) is 13.8. The molecule has 1 aliphatic rings. The highest BCUT2D eigenvalue weighted by atomic mass is 16.7. The molecule has 3 N–H and O–H groups in total. The monoisotopic (exact) mass is 322 g/mol. The van der Waals surface area contributed by atoms with Crippen molar-refractivity contribution in [2.24, 2.45) is 5.73 Å². The van der Waals surface area contributed by atoms with Crippen LogP contribution in [0, 0.1) is 0 Å². The molecule has 23 heavy (non-hydrogen) atoms. The van der Waals surface area contributed by atoms with Crippen molar-refractivity contribution in [3.05, 3.63) is 17.7 Å². The van der Waals surface area contributed by atoms with Crippen molar-refractivity contribution in [2.45, 2.75) is 52.1 Å². The molecule has 0 bridgehead atoms. The Morgan fingerprint density at radius 1 is 1.30 bits per heavy atom. The molecule has 6 heteroatoms. The number of carbonyl (C=O) groups is 1. The second-order valence-corrected chi connectivity index (χ2v) is 5.70. The smallest absolute Gasteiger partial charge is 0.234 e. The van der Waals surface area contributed by atoms with Crippen LogP contribution in [0.15, 0.2) is 12.1 Å². The number of ether oxygens (including phenoxy) is 3. The van der Waals surface area contributed by atoms with Gasteiger partial charge >= 0.3 is 0 Å². The van der Waals surface area contributed by atoms with E-state index < -0.39 is 6.04 Å². The van der Waals surface area contributed by atoms with Gasteiger partial charge in [-0.1, -0.05) is 32.3 Å². The Hall–Kier alpha value is -1.95. The van der Waals surface area contributed by atoms with E-state index >= 15 is 0 Å². The molecule has 1 aromatic carbocycles. The van der Waals surface area contributed by atoms with Crippen molar-refractivity contribution in [1.29, 1.82) is 0 Å². The lowest BCUT2D eigenvalue weighted by atomic mass is 10.1. The molecular formula is C17H26N2O4. The van der Waals surface area contributed by atoms with E-state index in [1.807, 2.05) is 12.1 Å². The van der Waals surface area contributed by atoms with Gasteiger partial charge < -0.3 is 25.3 Å². The van der Waals surface area contributed by atoms with E-state index in [1.54, 1.807) is 6.92 Å². The number of primary amides is 1. The summed E-state index contributed by atoms with van der Waals surface area (Å²) in [6, 6.07) is 3.41. The molecule has 1 unspecified atom stereocenters. The molecule has 0 aliphatic carbocycles. The number of nitrogens with one attached hydrogen (secondary N) is 1. The fraction of sp³-hybridized carbons (Fsp3) is 0.588. The summed E-state index contributed by atoms with van der Waals surface area (Å²) in [5.74, 6) is 1.65. The first-order chi connectivity index (χ1) is 11.1. The van der Waals surface area contributed by atoms with Crippen LogP contribution in [0.5, 0.6) is 17.2 Å². The number of hydrogen-bond acceptors (Lipinski definition) is 5. The zero-order valence-corrected chi connectivity index (χ0v) is 13.9. The average Bonchev–Trinajstić information content (AvgIpc) is 3.03. The minimum Gasteiger partial charge on any atom is -0.490 e. The van der Waals surface area contributed by atoms with Crippen molar-refractivity contribution >= 4 is 5.91 Å². The van der Waals surface area contributed by atoms with E-state index in [0.29, 0.717) is 30.4 Å². The molecule has 6 nitrogen and oxygen atoms in total. The van der Waals surface area contributed by atoms with Crippen LogP contribution in [0.4, 0.5) is 0 Å². The summed E-state index contributed by atoms with van der Waals surface area (Å²) < 4.78 is 16.9. The molecule has 0 radical (unpaired) electrons. The largest absolute Gasteiger partial charge is 0.490 e. The third-order valence-electron chi connectivity index (χ3n) is 3.85. The van der Waals surface area contributed by atoms with Crippen LogP contribution in [0.1, 0.15) is 45.1 Å². The number of fused-ring (bicyclic) bond motifs is 1. The van der Waals surface area contributed by atoms with E-state index in [2.05, 4.69) is 12.2 Å². The summed E-state index contributed by atoms with van der Waals surface area (Å²) >= 11 is 0. The van der Waals surface area contributed by atoms with Crippen molar-refractivity contribution < 1.29 is 19.0 Å². The number of unbranched alkanes of at least 4 members (excludes halogenated alkanes) is 3. The summed E-state index contributed by atoms with van der Waals surface area (Å²) in [7, 11) is 0. The van der Waals surface area contributed by atoms with Gasteiger partial charge in [0.2, 0.25) is 18.4 Å². The number of rotatable bonds is 10. The van der Waals surface area contributed by atoms with E-state index in [1.165, 1.54) is 19.3 Å². The van der Waals surface area contributed by atoms with Gasteiger partial charge in [0.1, 0.15) is 0 Å². The maximum absolute atomic E-state index is 11.1. The summed E-state index contributed by atoms with van der Waals surface area (Å²) in [5, 5.41) is 3.06. The SMILES string of the molecule is CCCCCCOc1ccc(CNC(C)C(N)=O)c2c1OCO2. The zero-order chi connectivity index (χ0) is 16.7. The summed E-state index contributed by atoms with van der Waals surface area (Å²) in [5.41, 5.74) is 6.17. The van der Waals surface area contributed by atoms with Gasteiger partial charge in [-0.3, -0.25) is 4.79 Å². The Kier molecular flexibility index (Phi) is 6.52. The second-order valence-electron chi connectivity index (χ2n) is 5.70. The highest BCUT2D eigenvalue weighted by molar-refractivity contribution is 5.79. The van der Waals surface area contributed by atoms with Gasteiger partial charge in [-0.25, -0.2) is 0 Å². The molecule has 1 atom stereocenters. The lowest BCUT2D eigenvalue weighted by Gasteiger charge is -2.13. The van der Waals surface area contributed by atoms with E-state index in [9.17, 15) is 4.79 Å². The van der Waals surface area contributed by atoms with Crippen LogP contribution < -0.4 is 25.3 Å². The third kappa shape index (κ3) is 4.76. The number of amides is 1. The molecule has 1 amide bonds. The first-order valence-corrected chi connectivity index (χ1v) is 8.20. The molecule has 128 valence electrons. The third-order valence-corrected chi connectivity index (χ3v) is 3.85. The highest BCUT2D eigenvalue weighted by Crippen LogP contribution is 2.43. The quantitative estimate of drug-likeness (QED) is 0.646. The molecule has 0 spiro atoms. The molecule has 0 fully saturated rings. The van der Waals surface area contributed by atoms with Crippen LogP contribution in [0.3, 0.4) is 0 Å². The van der Waals surface area contributed by atoms with E-state index in [0.717, 1.165) is 12.0 Å². The fourth-order valence-electron chi connectivity index (χ4n) is 2.36. The van der Waals surface area contributed by atoms with Crippen LogP contribution in [0.2, 0.25) is 0 Å². The van der Waals surface area contributed by atoms with Crippen molar-refractivity contribution in [3.63, 3.8) is 0 Å². The van der Waals surface area contributed by atoms with Crippen LogP contribution in [-0.2, 0) is 11.3 Å². The molecule has 0 saturated carbocycles. The Labute approximate surface area is 137 Å². The molecule has 0 aromatic heterocycles.